The fourth-order valence-corrected chi connectivity index (χ4v) is 10.6. The number of carbonyl (C=O) groups excluding carboxylic acids is 3. The highest BCUT2D eigenvalue weighted by molar-refractivity contribution is 7.47. The highest BCUT2D eigenvalue weighted by Crippen LogP contribution is 2.45. The van der Waals surface area contributed by atoms with E-state index in [0.29, 0.717) is 19.3 Å². The number of phosphoric acid groups is 2. The molecule has 0 rings (SSSR count). The standard InChI is InChI=1S/C71H124O16P2/c1-4-7-10-13-16-19-22-24-26-27-28-29-30-31-32-33-34-35-36-37-39-41-43-45-48-51-54-57-69(74)81-60-66(72)61-83-88(77,78)84-62-67(73)63-85-89(79,80)86-65-68(87-71(76)59-56-53-50-47-42-21-18-15-12-9-6-3)64-82-70(75)58-55-52-49-46-44-40-38-25-23-20-17-14-11-8-5-2/h7,10,16-17,19-20,24-26,28-29,31-32,34-35,38,66-68,72-73H,4-6,8-9,11-15,18,21-23,27,30,33,36-37,39-65H2,1-3H3,(H,77,78)(H,79,80)/b10-7-,19-16-,20-17-,26-24-,29-28-,32-31-,35-34-,38-25-. The zero-order valence-corrected chi connectivity index (χ0v) is 57.4. The van der Waals surface area contributed by atoms with E-state index in [1.165, 1.54) is 77.0 Å². The quantitative estimate of drug-likeness (QED) is 0.0146. The van der Waals surface area contributed by atoms with Gasteiger partial charge in [0, 0.05) is 19.3 Å². The molecule has 0 bridgehead atoms. The number of esters is 3. The van der Waals surface area contributed by atoms with E-state index < -0.39 is 91.5 Å². The monoisotopic (exact) mass is 1290 g/mol. The van der Waals surface area contributed by atoms with Gasteiger partial charge in [0.2, 0.25) is 0 Å². The third-order valence-corrected chi connectivity index (χ3v) is 16.2. The van der Waals surface area contributed by atoms with E-state index in [9.17, 15) is 43.5 Å². The Morgan fingerprint density at radius 3 is 0.966 bits per heavy atom. The zero-order chi connectivity index (χ0) is 65.3. The Labute approximate surface area is 539 Å². The Balaban J connectivity index is 4.48. The lowest BCUT2D eigenvalue weighted by molar-refractivity contribution is -0.161. The number of hydrogen-bond acceptors (Lipinski definition) is 14. The predicted molar refractivity (Wildman–Crippen MR) is 362 cm³/mol. The van der Waals surface area contributed by atoms with Crippen molar-refractivity contribution >= 4 is 33.6 Å². The fraction of sp³-hybridized carbons (Fsp3) is 0.732. The van der Waals surface area contributed by atoms with Crippen LogP contribution in [0.15, 0.2) is 97.2 Å². The van der Waals surface area contributed by atoms with Crippen LogP contribution in [0.1, 0.15) is 278 Å². The second-order valence-electron chi connectivity index (χ2n) is 23.0. The molecule has 5 unspecified atom stereocenters. The molecule has 5 atom stereocenters. The minimum absolute atomic E-state index is 0.104. The van der Waals surface area contributed by atoms with Crippen LogP contribution in [0.3, 0.4) is 0 Å². The van der Waals surface area contributed by atoms with Crippen molar-refractivity contribution in [3.8, 4) is 0 Å². The van der Waals surface area contributed by atoms with Gasteiger partial charge in [0.25, 0.3) is 0 Å². The second-order valence-corrected chi connectivity index (χ2v) is 25.9. The van der Waals surface area contributed by atoms with E-state index in [1.54, 1.807) is 0 Å². The third kappa shape index (κ3) is 65.8. The van der Waals surface area contributed by atoms with Crippen LogP contribution in [-0.4, -0.2) is 95.9 Å². The molecule has 89 heavy (non-hydrogen) atoms. The summed E-state index contributed by atoms with van der Waals surface area (Å²) >= 11 is 0. The fourth-order valence-electron chi connectivity index (χ4n) is 9.02. The molecule has 0 saturated carbocycles. The smallest absolute Gasteiger partial charge is 0.463 e. The van der Waals surface area contributed by atoms with Crippen molar-refractivity contribution < 1.29 is 75.8 Å². The van der Waals surface area contributed by atoms with Gasteiger partial charge in [0.1, 0.15) is 25.4 Å². The van der Waals surface area contributed by atoms with Gasteiger partial charge >= 0.3 is 33.6 Å². The average molecular weight is 1300 g/mol. The van der Waals surface area contributed by atoms with Crippen molar-refractivity contribution in [1.29, 1.82) is 0 Å². The van der Waals surface area contributed by atoms with E-state index in [0.717, 1.165) is 141 Å². The Bertz CT molecular complexity index is 2010. The molecule has 0 spiro atoms. The number of carbonyl (C=O) groups is 3. The average Bonchev–Trinajstić information content (AvgIpc) is 3.56. The van der Waals surface area contributed by atoms with Crippen molar-refractivity contribution in [3.05, 3.63) is 97.2 Å². The number of rotatable bonds is 65. The molecule has 4 N–H and O–H groups in total. The topological polar surface area (TPSA) is 231 Å². The molecule has 18 heteroatoms. The number of ether oxygens (including phenoxy) is 3. The van der Waals surface area contributed by atoms with Crippen LogP contribution in [0, 0.1) is 0 Å². The van der Waals surface area contributed by atoms with Crippen molar-refractivity contribution in [2.75, 3.05) is 39.6 Å². The van der Waals surface area contributed by atoms with Gasteiger partial charge in [-0.25, -0.2) is 9.13 Å². The summed E-state index contributed by atoms with van der Waals surface area (Å²) in [6, 6.07) is 0. The Morgan fingerprint density at radius 1 is 0.326 bits per heavy atom. The summed E-state index contributed by atoms with van der Waals surface area (Å²) < 4.78 is 60.8. The number of phosphoric ester groups is 2. The van der Waals surface area contributed by atoms with Gasteiger partial charge in [-0.05, 0) is 103 Å². The summed E-state index contributed by atoms with van der Waals surface area (Å²) in [6.07, 6.45) is 70.4. The molecule has 514 valence electrons. The van der Waals surface area contributed by atoms with Crippen LogP contribution in [0.25, 0.3) is 0 Å². The minimum Gasteiger partial charge on any atom is -0.463 e. The molecule has 0 heterocycles. The van der Waals surface area contributed by atoms with Gasteiger partial charge in [0.15, 0.2) is 6.10 Å². The molecule has 0 aromatic rings. The van der Waals surface area contributed by atoms with Crippen molar-refractivity contribution in [3.63, 3.8) is 0 Å². The molecule has 0 saturated heterocycles. The molecular formula is C71H124O16P2. The molecule has 0 aliphatic rings. The maximum Gasteiger partial charge on any atom is 0.472 e. The van der Waals surface area contributed by atoms with Gasteiger partial charge in [-0.2, -0.15) is 0 Å². The molecule has 16 nitrogen and oxygen atoms in total. The van der Waals surface area contributed by atoms with E-state index in [4.69, 9.17) is 32.3 Å². The number of unbranched alkanes of at least 4 members (excludes halogenated alkanes) is 26. The number of aliphatic hydroxyl groups excluding tert-OH is 2. The number of hydrogen-bond donors (Lipinski definition) is 4. The molecule has 0 aromatic heterocycles. The largest absolute Gasteiger partial charge is 0.472 e. The molecule has 0 radical (unpaired) electrons. The normalized spacial score (nSPS) is 14.8. The Morgan fingerprint density at radius 2 is 0.596 bits per heavy atom. The molecule has 0 aliphatic carbocycles. The van der Waals surface area contributed by atoms with Crippen LogP contribution in [0.5, 0.6) is 0 Å². The maximum absolute atomic E-state index is 12.9. The third-order valence-electron chi connectivity index (χ3n) is 14.3. The van der Waals surface area contributed by atoms with Crippen LogP contribution in [-0.2, 0) is 55.8 Å². The summed E-state index contributed by atoms with van der Waals surface area (Å²) in [4.78, 5) is 58.3. The van der Waals surface area contributed by atoms with Gasteiger partial charge in [-0.3, -0.25) is 32.5 Å². The molecule has 0 fully saturated rings. The Kier molecular flexibility index (Phi) is 62.0. The lowest BCUT2D eigenvalue weighted by Crippen LogP contribution is -2.30. The summed E-state index contributed by atoms with van der Waals surface area (Å²) in [5.41, 5.74) is 0. The first-order valence-corrected chi connectivity index (χ1v) is 37.5. The first kappa shape index (κ1) is 85.5. The van der Waals surface area contributed by atoms with Crippen molar-refractivity contribution in [1.82, 2.24) is 0 Å². The highest BCUT2D eigenvalue weighted by atomic mass is 31.2. The van der Waals surface area contributed by atoms with Gasteiger partial charge in [-0.15, -0.1) is 0 Å². The molecule has 0 aromatic carbocycles. The lowest BCUT2D eigenvalue weighted by Gasteiger charge is -2.21. The van der Waals surface area contributed by atoms with Crippen molar-refractivity contribution in [2.45, 2.75) is 296 Å². The first-order valence-electron chi connectivity index (χ1n) is 34.5. The van der Waals surface area contributed by atoms with Gasteiger partial charge < -0.3 is 34.2 Å². The van der Waals surface area contributed by atoms with Crippen LogP contribution in [0.4, 0.5) is 0 Å². The van der Waals surface area contributed by atoms with E-state index in [2.05, 4.69) is 118 Å². The van der Waals surface area contributed by atoms with Crippen LogP contribution < -0.4 is 0 Å². The predicted octanol–water partition coefficient (Wildman–Crippen LogP) is 19.1. The summed E-state index contributed by atoms with van der Waals surface area (Å²) in [5.74, 6) is -1.59. The zero-order valence-electron chi connectivity index (χ0n) is 55.6. The summed E-state index contributed by atoms with van der Waals surface area (Å²) in [6.45, 7) is 2.50. The second kappa shape index (κ2) is 64.6. The number of allylic oxidation sites excluding steroid dienone is 16. The molecule has 0 amide bonds. The molecular weight excluding hydrogens is 1170 g/mol. The minimum atomic E-state index is -4.92. The van der Waals surface area contributed by atoms with E-state index >= 15 is 0 Å². The van der Waals surface area contributed by atoms with E-state index in [1.807, 2.05) is 0 Å². The van der Waals surface area contributed by atoms with Gasteiger partial charge in [0.05, 0.1) is 26.4 Å². The highest BCUT2D eigenvalue weighted by Gasteiger charge is 2.29. The SMILES string of the molecule is CC/C=C\C/C=C\C/C=C\C/C=C\C/C=C\C/C=C\CCCCCCCCCCC(=O)OCC(O)COP(=O)(O)OCC(O)COP(=O)(O)OCC(COC(=O)CCCCCCC/C=C\C/C=C\CCCCC)OC(=O)CCCCCCCCCCCCC. The summed E-state index contributed by atoms with van der Waals surface area (Å²) in [7, 11) is -9.77. The number of aliphatic hydroxyl groups is 2. The van der Waals surface area contributed by atoms with Crippen molar-refractivity contribution in [2.24, 2.45) is 0 Å². The first-order chi connectivity index (χ1) is 43.2. The maximum atomic E-state index is 12.9. The summed E-state index contributed by atoms with van der Waals surface area (Å²) in [5, 5.41) is 20.5. The van der Waals surface area contributed by atoms with Crippen LogP contribution in [0.2, 0.25) is 0 Å². The van der Waals surface area contributed by atoms with Gasteiger partial charge in [-0.1, -0.05) is 253 Å². The van der Waals surface area contributed by atoms with E-state index in [-0.39, 0.29) is 19.3 Å². The Hall–Kier alpha value is -3.53. The lowest BCUT2D eigenvalue weighted by atomic mass is 10.1. The molecule has 0 aliphatic heterocycles. The van der Waals surface area contributed by atoms with Crippen LogP contribution >= 0.6 is 15.6 Å².